The molecule has 0 aliphatic rings. The molecule has 3 N–H and O–H groups in total. The quantitative estimate of drug-likeness (QED) is 0.276. The molecule has 0 saturated heterocycles. The van der Waals surface area contributed by atoms with Gasteiger partial charge in [0.25, 0.3) is 0 Å². The fraction of sp³-hybridized carbons (Fsp3) is 0.562. The average Bonchev–Trinajstić information content (AvgIpc) is 2.41. The van der Waals surface area contributed by atoms with Crippen LogP contribution >= 0.6 is 35.6 Å². The maximum atomic E-state index is 5.88. The van der Waals surface area contributed by atoms with Gasteiger partial charge in [-0.25, -0.2) is 4.99 Å². The minimum Gasteiger partial charge on any atom is -0.357 e. The lowest BCUT2D eigenvalue weighted by Crippen LogP contribution is -2.44. The summed E-state index contributed by atoms with van der Waals surface area (Å²) in [6.07, 6.45) is 0. The number of rotatable bonds is 6. The van der Waals surface area contributed by atoms with Gasteiger partial charge in [0.1, 0.15) is 0 Å². The lowest BCUT2D eigenvalue weighted by atomic mass is 10.1. The SMILES string of the molecule is CCNC(=NCc1ccc(Cl)cc1)NCCNC(C)(C)C.I. The van der Waals surface area contributed by atoms with Crippen molar-refractivity contribution in [2.45, 2.75) is 39.8 Å². The van der Waals surface area contributed by atoms with Crippen molar-refractivity contribution in [2.75, 3.05) is 19.6 Å². The van der Waals surface area contributed by atoms with E-state index in [4.69, 9.17) is 11.6 Å². The van der Waals surface area contributed by atoms with Crippen LogP contribution in [0.4, 0.5) is 0 Å². The van der Waals surface area contributed by atoms with Crippen molar-refractivity contribution in [1.82, 2.24) is 16.0 Å². The van der Waals surface area contributed by atoms with Crippen LogP contribution in [-0.2, 0) is 6.54 Å². The highest BCUT2D eigenvalue weighted by molar-refractivity contribution is 14.0. The fourth-order valence-electron chi connectivity index (χ4n) is 1.72. The smallest absolute Gasteiger partial charge is 0.191 e. The molecule has 4 nitrogen and oxygen atoms in total. The van der Waals surface area contributed by atoms with Gasteiger partial charge in [0.2, 0.25) is 0 Å². The number of hydrogen-bond acceptors (Lipinski definition) is 2. The van der Waals surface area contributed by atoms with Crippen LogP contribution in [0.25, 0.3) is 0 Å². The summed E-state index contributed by atoms with van der Waals surface area (Å²) in [5.74, 6) is 0.836. The monoisotopic (exact) mass is 438 g/mol. The van der Waals surface area contributed by atoms with Crippen molar-refractivity contribution < 1.29 is 0 Å². The lowest BCUT2D eigenvalue weighted by Gasteiger charge is -2.21. The van der Waals surface area contributed by atoms with E-state index in [9.17, 15) is 0 Å². The molecule has 0 aliphatic carbocycles. The van der Waals surface area contributed by atoms with Crippen LogP contribution in [-0.4, -0.2) is 31.1 Å². The Morgan fingerprint density at radius 1 is 1.09 bits per heavy atom. The van der Waals surface area contributed by atoms with Crippen molar-refractivity contribution >= 4 is 41.5 Å². The highest BCUT2D eigenvalue weighted by atomic mass is 127. The number of benzene rings is 1. The van der Waals surface area contributed by atoms with Gasteiger partial charge in [0, 0.05) is 30.2 Å². The van der Waals surface area contributed by atoms with Gasteiger partial charge in [-0.1, -0.05) is 23.7 Å². The van der Waals surface area contributed by atoms with E-state index in [0.29, 0.717) is 6.54 Å². The topological polar surface area (TPSA) is 48.5 Å². The Labute approximate surface area is 156 Å². The minimum absolute atomic E-state index is 0. The molecular weight excluding hydrogens is 411 g/mol. The van der Waals surface area contributed by atoms with E-state index in [1.807, 2.05) is 24.3 Å². The van der Waals surface area contributed by atoms with Gasteiger partial charge in [-0.05, 0) is 45.4 Å². The Bertz CT molecular complexity index is 440. The zero-order chi connectivity index (χ0) is 15.7. The van der Waals surface area contributed by atoms with Gasteiger partial charge in [0.05, 0.1) is 6.54 Å². The van der Waals surface area contributed by atoms with Crippen LogP contribution in [0.15, 0.2) is 29.3 Å². The maximum Gasteiger partial charge on any atom is 0.191 e. The molecule has 1 rings (SSSR count). The van der Waals surface area contributed by atoms with E-state index >= 15 is 0 Å². The number of hydrogen-bond donors (Lipinski definition) is 3. The first kappa shape index (κ1) is 21.5. The molecule has 22 heavy (non-hydrogen) atoms. The zero-order valence-corrected chi connectivity index (χ0v) is 17.0. The Morgan fingerprint density at radius 2 is 1.73 bits per heavy atom. The number of guanidine groups is 1. The van der Waals surface area contributed by atoms with E-state index in [1.54, 1.807) is 0 Å². The Hall–Kier alpha value is -0.530. The summed E-state index contributed by atoms with van der Waals surface area (Å²) >= 11 is 5.88. The third-order valence-electron chi connectivity index (χ3n) is 2.75. The van der Waals surface area contributed by atoms with Gasteiger partial charge in [-0.2, -0.15) is 0 Å². The molecular formula is C16H28ClIN4. The van der Waals surface area contributed by atoms with Crippen LogP contribution in [0, 0.1) is 0 Å². The van der Waals surface area contributed by atoms with Crippen molar-refractivity contribution in [3.8, 4) is 0 Å². The Kier molecular flexibility index (Phi) is 10.8. The van der Waals surface area contributed by atoms with E-state index < -0.39 is 0 Å². The molecule has 0 aromatic heterocycles. The first-order valence-corrected chi connectivity index (χ1v) is 7.80. The summed E-state index contributed by atoms with van der Waals surface area (Å²) in [4.78, 5) is 4.57. The van der Waals surface area contributed by atoms with Crippen molar-refractivity contribution in [1.29, 1.82) is 0 Å². The standard InChI is InChI=1S/C16H27ClN4.HI/c1-5-18-15(19-10-11-21-16(2,3)4)20-12-13-6-8-14(17)9-7-13;/h6-9,21H,5,10-12H2,1-4H3,(H2,18,19,20);1H. The van der Waals surface area contributed by atoms with Crippen molar-refractivity contribution in [3.63, 3.8) is 0 Å². The molecule has 126 valence electrons. The summed E-state index contributed by atoms with van der Waals surface area (Å²) in [6.45, 7) is 11.8. The minimum atomic E-state index is 0. The van der Waals surface area contributed by atoms with Crippen LogP contribution in [0.1, 0.15) is 33.3 Å². The fourth-order valence-corrected chi connectivity index (χ4v) is 1.85. The Balaban J connectivity index is 0.00000441. The predicted octanol–water partition coefficient (Wildman–Crippen LogP) is 3.40. The molecule has 0 heterocycles. The third-order valence-corrected chi connectivity index (χ3v) is 3.00. The normalized spacial score (nSPS) is 11.8. The van der Waals surface area contributed by atoms with E-state index in [0.717, 1.165) is 36.2 Å². The van der Waals surface area contributed by atoms with E-state index in [2.05, 4.69) is 48.6 Å². The molecule has 0 fully saturated rings. The van der Waals surface area contributed by atoms with Crippen LogP contribution in [0.2, 0.25) is 5.02 Å². The second-order valence-electron chi connectivity index (χ2n) is 5.93. The first-order valence-electron chi connectivity index (χ1n) is 7.42. The van der Waals surface area contributed by atoms with Gasteiger partial charge < -0.3 is 16.0 Å². The Morgan fingerprint density at radius 3 is 2.27 bits per heavy atom. The predicted molar refractivity (Wildman–Crippen MR) is 107 cm³/mol. The molecule has 0 atom stereocenters. The molecule has 0 radical (unpaired) electrons. The molecule has 0 aliphatic heterocycles. The second kappa shape index (κ2) is 11.1. The average molecular weight is 439 g/mol. The molecule has 1 aromatic rings. The van der Waals surface area contributed by atoms with Gasteiger partial charge in [0.15, 0.2) is 5.96 Å². The molecule has 0 unspecified atom stereocenters. The van der Waals surface area contributed by atoms with E-state index in [1.165, 1.54) is 0 Å². The maximum absolute atomic E-state index is 5.88. The summed E-state index contributed by atoms with van der Waals surface area (Å²) < 4.78 is 0. The number of halogens is 2. The molecule has 0 spiro atoms. The first-order chi connectivity index (χ1) is 9.90. The molecule has 0 bridgehead atoms. The van der Waals surface area contributed by atoms with Crippen LogP contribution in [0.5, 0.6) is 0 Å². The molecule has 6 heteroatoms. The van der Waals surface area contributed by atoms with Gasteiger partial charge in [-0.15, -0.1) is 24.0 Å². The molecule has 0 amide bonds. The van der Waals surface area contributed by atoms with Crippen molar-refractivity contribution in [3.05, 3.63) is 34.9 Å². The largest absolute Gasteiger partial charge is 0.357 e. The lowest BCUT2D eigenvalue weighted by molar-refractivity contribution is 0.428. The third kappa shape index (κ3) is 10.2. The number of aliphatic imine (C=N–C) groups is 1. The summed E-state index contributed by atoms with van der Waals surface area (Å²) in [7, 11) is 0. The zero-order valence-electron chi connectivity index (χ0n) is 13.9. The number of nitrogens with one attached hydrogen (secondary N) is 3. The summed E-state index contributed by atoms with van der Waals surface area (Å²) in [5, 5.41) is 10.8. The van der Waals surface area contributed by atoms with E-state index in [-0.39, 0.29) is 29.5 Å². The number of nitrogens with zero attached hydrogens (tertiary/aromatic N) is 1. The highest BCUT2D eigenvalue weighted by Gasteiger charge is 2.07. The second-order valence-corrected chi connectivity index (χ2v) is 6.36. The van der Waals surface area contributed by atoms with Gasteiger partial charge in [-0.3, -0.25) is 0 Å². The highest BCUT2D eigenvalue weighted by Crippen LogP contribution is 2.10. The van der Waals surface area contributed by atoms with Crippen LogP contribution in [0.3, 0.4) is 0 Å². The van der Waals surface area contributed by atoms with Crippen LogP contribution < -0.4 is 16.0 Å². The molecule has 0 saturated carbocycles. The molecule has 1 aromatic carbocycles. The summed E-state index contributed by atoms with van der Waals surface area (Å²) in [6, 6.07) is 7.77. The summed E-state index contributed by atoms with van der Waals surface area (Å²) in [5.41, 5.74) is 1.28. The van der Waals surface area contributed by atoms with Crippen molar-refractivity contribution in [2.24, 2.45) is 4.99 Å². The van der Waals surface area contributed by atoms with Gasteiger partial charge >= 0.3 is 0 Å².